The summed E-state index contributed by atoms with van der Waals surface area (Å²) in [5.41, 5.74) is 1.79. The van der Waals surface area contributed by atoms with Crippen LogP contribution in [-0.2, 0) is 21.4 Å². The van der Waals surface area contributed by atoms with Crippen LogP contribution in [0.3, 0.4) is 0 Å². The molecule has 0 unspecified atom stereocenters. The van der Waals surface area contributed by atoms with Crippen molar-refractivity contribution in [1.29, 1.82) is 0 Å². The van der Waals surface area contributed by atoms with Gasteiger partial charge in [0.15, 0.2) is 0 Å². The molecule has 0 atom stereocenters. The van der Waals surface area contributed by atoms with Crippen LogP contribution in [0.1, 0.15) is 6.92 Å². The van der Waals surface area contributed by atoms with Crippen molar-refractivity contribution >= 4 is 60.2 Å². The minimum absolute atomic E-state index is 0.0556. The number of urea groups is 1. The molecule has 0 saturated carbocycles. The number of ether oxygens (including phenoxy) is 1. The van der Waals surface area contributed by atoms with E-state index in [9.17, 15) is 22.4 Å². The third-order valence-electron chi connectivity index (χ3n) is 5.53. The van der Waals surface area contributed by atoms with Gasteiger partial charge >= 0.3 is 6.03 Å². The number of aryl methyl sites for hydroxylation is 1. The number of rotatable bonds is 8. The molecule has 0 radical (unpaired) electrons. The first-order valence-corrected chi connectivity index (χ1v) is 14.9. The van der Waals surface area contributed by atoms with E-state index in [2.05, 4.69) is 36.9 Å². The maximum Gasteiger partial charge on any atom is 0.323 e. The van der Waals surface area contributed by atoms with Gasteiger partial charge in [0.05, 0.1) is 24.1 Å². The fourth-order valence-electron chi connectivity index (χ4n) is 3.81. The van der Waals surface area contributed by atoms with Gasteiger partial charge in [0.25, 0.3) is 15.7 Å². The standard InChI is InChI=1S/C26H25BrFN5O3.CH4O3S/c1-3-33-23-14-24(29-9-10-36-2)30-15-16(23)11-19(25(33)34)18-12-22(21(28)13-20(18)27)32-26(35)31-17-7-5-4-6-8-17;1-5(2,3)4/h4-8,11-15H,3,9-10H2,1-2H3,(H,29,30)(H2,31,32,35);1H3,(H,2,3,4). The average Bonchev–Trinajstić information content (AvgIpc) is 2.90. The maximum absolute atomic E-state index is 14.7. The number of benzene rings is 2. The summed E-state index contributed by atoms with van der Waals surface area (Å²) in [6, 6.07) is 14.4. The van der Waals surface area contributed by atoms with Gasteiger partial charge in [-0.25, -0.2) is 14.2 Å². The zero-order valence-electron chi connectivity index (χ0n) is 22.4. The van der Waals surface area contributed by atoms with E-state index in [1.807, 2.05) is 19.1 Å². The molecule has 41 heavy (non-hydrogen) atoms. The van der Waals surface area contributed by atoms with Crippen molar-refractivity contribution in [2.45, 2.75) is 13.5 Å². The van der Waals surface area contributed by atoms with Gasteiger partial charge < -0.3 is 25.3 Å². The number of carbonyl (C=O) groups excluding carboxylic acids is 1. The first-order chi connectivity index (χ1) is 19.4. The predicted molar refractivity (Wildman–Crippen MR) is 162 cm³/mol. The number of nitrogens with one attached hydrogen (secondary N) is 3. The zero-order valence-corrected chi connectivity index (χ0v) is 24.8. The third kappa shape index (κ3) is 9.08. The molecule has 4 aromatic rings. The lowest BCUT2D eigenvalue weighted by Gasteiger charge is -2.15. The van der Waals surface area contributed by atoms with Crippen LogP contribution in [0.25, 0.3) is 22.0 Å². The molecular weight excluding hydrogens is 621 g/mol. The molecule has 2 amide bonds. The van der Waals surface area contributed by atoms with Gasteiger partial charge in [-0.05, 0) is 37.3 Å². The van der Waals surface area contributed by atoms with E-state index in [1.165, 1.54) is 12.1 Å². The molecule has 4 rings (SSSR count). The van der Waals surface area contributed by atoms with E-state index in [-0.39, 0.29) is 11.2 Å². The van der Waals surface area contributed by atoms with Crippen molar-refractivity contribution in [3.63, 3.8) is 0 Å². The highest BCUT2D eigenvalue weighted by Crippen LogP contribution is 2.33. The maximum atomic E-state index is 14.7. The van der Waals surface area contributed by atoms with Crippen molar-refractivity contribution in [2.24, 2.45) is 0 Å². The number of amides is 2. The molecule has 0 spiro atoms. The van der Waals surface area contributed by atoms with Crippen molar-refractivity contribution in [1.82, 2.24) is 9.55 Å². The number of fused-ring (bicyclic) bond motifs is 1. The summed E-state index contributed by atoms with van der Waals surface area (Å²) in [5.74, 6) is -0.00772. The van der Waals surface area contributed by atoms with Gasteiger partial charge in [-0.3, -0.25) is 9.35 Å². The quantitative estimate of drug-likeness (QED) is 0.150. The van der Waals surface area contributed by atoms with Gasteiger partial charge in [0.1, 0.15) is 11.6 Å². The van der Waals surface area contributed by atoms with Crippen molar-refractivity contribution in [3.8, 4) is 11.1 Å². The lowest BCUT2D eigenvalue weighted by atomic mass is 10.0. The molecule has 0 saturated heterocycles. The Labute approximate surface area is 244 Å². The summed E-state index contributed by atoms with van der Waals surface area (Å²) in [6.45, 7) is 3.41. The largest absolute Gasteiger partial charge is 0.383 e. The molecular formula is C27H29BrFN5O6S. The monoisotopic (exact) mass is 649 g/mol. The molecule has 0 aliphatic rings. The highest BCUT2D eigenvalue weighted by molar-refractivity contribution is 9.10. The number of hydrogen-bond donors (Lipinski definition) is 4. The Morgan fingerprint density at radius 3 is 2.44 bits per heavy atom. The van der Waals surface area contributed by atoms with Gasteiger partial charge in [-0.2, -0.15) is 8.42 Å². The predicted octanol–water partition coefficient (Wildman–Crippen LogP) is 5.19. The Morgan fingerprint density at radius 2 is 1.80 bits per heavy atom. The normalized spacial score (nSPS) is 11.0. The Morgan fingerprint density at radius 1 is 1.12 bits per heavy atom. The number of hydrogen-bond acceptors (Lipinski definition) is 7. The minimum atomic E-state index is -3.67. The average molecular weight is 651 g/mol. The summed E-state index contributed by atoms with van der Waals surface area (Å²) < 4.78 is 47.7. The third-order valence-corrected chi connectivity index (χ3v) is 6.19. The minimum Gasteiger partial charge on any atom is -0.383 e. The Hall–Kier alpha value is -3.85. The molecule has 2 heterocycles. The summed E-state index contributed by atoms with van der Waals surface area (Å²) in [5, 5.41) is 9.09. The second kappa shape index (κ2) is 14.2. The first kappa shape index (κ1) is 31.7. The summed E-state index contributed by atoms with van der Waals surface area (Å²) >= 11 is 3.38. The smallest absolute Gasteiger partial charge is 0.323 e. The van der Waals surface area contributed by atoms with Crippen LogP contribution >= 0.6 is 15.9 Å². The van der Waals surface area contributed by atoms with Crippen molar-refractivity contribution < 1.29 is 26.9 Å². The topological polar surface area (TPSA) is 152 Å². The SMILES string of the molecule is CCn1c(=O)c(-c2cc(NC(=O)Nc3ccccc3)c(F)cc2Br)cc2cnc(NCCOC)cc21.CS(=O)(=O)O. The van der Waals surface area contributed by atoms with E-state index < -0.39 is 22.0 Å². The second-order valence-electron chi connectivity index (χ2n) is 8.65. The number of aromatic nitrogens is 2. The van der Waals surface area contributed by atoms with Crippen LogP contribution in [0.5, 0.6) is 0 Å². The Kier molecular flexibility index (Phi) is 10.9. The number of para-hydroxylation sites is 1. The fraction of sp³-hybridized carbons (Fsp3) is 0.222. The van der Waals surface area contributed by atoms with Crippen LogP contribution in [0.2, 0.25) is 0 Å². The first-order valence-electron chi connectivity index (χ1n) is 12.2. The fourth-order valence-corrected chi connectivity index (χ4v) is 4.34. The van der Waals surface area contributed by atoms with Crippen LogP contribution in [0.15, 0.2) is 70.1 Å². The van der Waals surface area contributed by atoms with Crippen LogP contribution in [0.4, 0.5) is 26.4 Å². The van der Waals surface area contributed by atoms with Crippen molar-refractivity contribution in [3.05, 3.63) is 81.4 Å². The van der Waals surface area contributed by atoms with Gasteiger partial charge in [0.2, 0.25) is 0 Å². The van der Waals surface area contributed by atoms with Gasteiger partial charge in [-0.1, -0.05) is 34.1 Å². The van der Waals surface area contributed by atoms with Crippen molar-refractivity contribution in [2.75, 3.05) is 42.5 Å². The number of carbonyl (C=O) groups is 1. The van der Waals surface area contributed by atoms with E-state index in [4.69, 9.17) is 9.29 Å². The number of pyridine rings is 2. The number of methoxy groups -OCH3 is 1. The number of halogens is 2. The number of nitrogens with zero attached hydrogens (tertiary/aromatic N) is 2. The lowest BCUT2D eigenvalue weighted by molar-refractivity contribution is 0.210. The number of anilines is 3. The van der Waals surface area contributed by atoms with Crippen LogP contribution in [-0.4, -0.2) is 55.1 Å². The lowest BCUT2D eigenvalue weighted by Crippen LogP contribution is -2.22. The molecule has 14 heteroatoms. The molecule has 2 aromatic carbocycles. The van der Waals surface area contributed by atoms with E-state index in [0.29, 0.717) is 53.1 Å². The van der Waals surface area contributed by atoms with Crippen LogP contribution in [0, 0.1) is 5.82 Å². The summed E-state index contributed by atoms with van der Waals surface area (Å²) in [7, 11) is -2.05. The van der Waals surface area contributed by atoms with E-state index in [0.717, 1.165) is 10.9 Å². The Bertz CT molecular complexity index is 1690. The molecule has 218 valence electrons. The molecule has 2 aromatic heterocycles. The van der Waals surface area contributed by atoms with Crippen LogP contribution < -0.4 is 21.5 Å². The zero-order chi connectivity index (χ0) is 30.2. The van der Waals surface area contributed by atoms with Gasteiger partial charge in [-0.15, -0.1) is 0 Å². The molecule has 0 aliphatic heterocycles. The Balaban J connectivity index is 0.000000850. The van der Waals surface area contributed by atoms with Gasteiger partial charge in [0, 0.05) is 59.1 Å². The molecule has 4 N–H and O–H groups in total. The molecule has 0 fully saturated rings. The molecule has 0 bridgehead atoms. The molecule has 11 nitrogen and oxygen atoms in total. The van der Waals surface area contributed by atoms with E-state index in [1.54, 1.807) is 48.2 Å². The highest BCUT2D eigenvalue weighted by Gasteiger charge is 2.17. The summed E-state index contributed by atoms with van der Waals surface area (Å²) in [6.07, 6.45) is 2.40. The molecule has 0 aliphatic carbocycles. The van der Waals surface area contributed by atoms with E-state index >= 15 is 0 Å². The highest BCUT2D eigenvalue weighted by atomic mass is 79.9. The second-order valence-corrected chi connectivity index (χ2v) is 11.0. The summed E-state index contributed by atoms with van der Waals surface area (Å²) in [4.78, 5) is 30.4.